The summed E-state index contributed by atoms with van der Waals surface area (Å²) >= 11 is 0. The molecule has 0 saturated heterocycles. The predicted octanol–water partition coefficient (Wildman–Crippen LogP) is 2.52. The second kappa shape index (κ2) is 6.74. The number of nitrogens with one attached hydrogen (secondary N) is 2. The van der Waals surface area contributed by atoms with Crippen LogP contribution in [0, 0.1) is 11.6 Å². The molecule has 2 aromatic rings. The van der Waals surface area contributed by atoms with E-state index in [9.17, 15) is 22.0 Å². The highest BCUT2D eigenvalue weighted by atomic mass is 32.2. The third-order valence-corrected chi connectivity index (χ3v) is 3.40. The van der Waals surface area contributed by atoms with Crippen LogP contribution in [0.2, 0.25) is 0 Å². The van der Waals surface area contributed by atoms with Crippen molar-refractivity contribution in [1.82, 2.24) is 0 Å². The molecule has 8 heteroatoms. The van der Waals surface area contributed by atoms with Gasteiger partial charge in [0.25, 0.3) is 0 Å². The van der Waals surface area contributed by atoms with Gasteiger partial charge in [-0.3, -0.25) is 9.52 Å². The van der Waals surface area contributed by atoms with Crippen LogP contribution in [0.4, 0.5) is 20.2 Å². The van der Waals surface area contributed by atoms with E-state index in [1.165, 1.54) is 24.3 Å². The molecule has 0 bridgehead atoms. The quantitative estimate of drug-likeness (QED) is 0.878. The molecule has 0 unspecified atom stereocenters. The molecule has 0 spiro atoms. The summed E-state index contributed by atoms with van der Waals surface area (Å²) in [6.07, 6.45) is 0.807. The van der Waals surface area contributed by atoms with Crippen LogP contribution in [0.3, 0.4) is 0 Å². The molecule has 0 heterocycles. The minimum atomic E-state index is -3.59. The Hall–Kier alpha value is -2.48. The third kappa shape index (κ3) is 5.33. The maximum Gasteiger partial charge on any atom is 0.229 e. The van der Waals surface area contributed by atoms with Gasteiger partial charge in [0.15, 0.2) is 0 Å². The summed E-state index contributed by atoms with van der Waals surface area (Å²) in [5, 5.41) is 2.41. The lowest BCUT2D eigenvalue weighted by molar-refractivity contribution is -0.115. The smallest absolute Gasteiger partial charge is 0.229 e. The number of halogens is 2. The molecular weight excluding hydrogens is 326 g/mol. The first-order valence-corrected chi connectivity index (χ1v) is 8.44. The van der Waals surface area contributed by atoms with Crippen molar-refractivity contribution in [1.29, 1.82) is 0 Å². The Labute approximate surface area is 132 Å². The van der Waals surface area contributed by atoms with E-state index >= 15 is 0 Å². The van der Waals surface area contributed by atoms with Gasteiger partial charge < -0.3 is 5.32 Å². The summed E-state index contributed by atoms with van der Waals surface area (Å²) in [7, 11) is -3.59. The molecule has 23 heavy (non-hydrogen) atoms. The van der Waals surface area contributed by atoms with Gasteiger partial charge >= 0.3 is 0 Å². The van der Waals surface area contributed by atoms with Gasteiger partial charge in [-0.1, -0.05) is 12.1 Å². The van der Waals surface area contributed by atoms with Crippen LogP contribution in [-0.2, 0) is 21.2 Å². The number of carbonyl (C=O) groups is 1. The predicted molar refractivity (Wildman–Crippen MR) is 83.6 cm³/mol. The second-order valence-electron chi connectivity index (χ2n) is 4.92. The second-order valence-corrected chi connectivity index (χ2v) is 6.67. The van der Waals surface area contributed by atoms with Crippen LogP contribution in [-0.4, -0.2) is 20.6 Å². The van der Waals surface area contributed by atoms with E-state index in [4.69, 9.17) is 0 Å². The van der Waals surface area contributed by atoms with E-state index in [1.54, 1.807) is 6.07 Å². The summed E-state index contributed by atoms with van der Waals surface area (Å²) in [5.41, 5.74) is 0.467. The van der Waals surface area contributed by atoms with Gasteiger partial charge in [-0.25, -0.2) is 17.2 Å². The van der Waals surface area contributed by atoms with E-state index in [-0.39, 0.29) is 17.8 Å². The minimum absolute atomic E-state index is 0.0168. The molecule has 0 atom stereocenters. The zero-order valence-corrected chi connectivity index (χ0v) is 13.0. The zero-order valence-electron chi connectivity index (χ0n) is 12.1. The van der Waals surface area contributed by atoms with E-state index in [1.807, 2.05) is 0 Å². The zero-order chi connectivity index (χ0) is 17.0. The van der Waals surface area contributed by atoms with Crippen molar-refractivity contribution in [3.63, 3.8) is 0 Å². The Bertz CT molecular complexity index is 838. The summed E-state index contributed by atoms with van der Waals surface area (Å²) in [6, 6.07) is 8.77. The normalized spacial score (nSPS) is 11.1. The Morgan fingerprint density at radius 1 is 1.04 bits per heavy atom. The summed E-state index contributed by atoms with van der Waals surface area (Å²) in [5.74, 6) is -1.64. The Balaban J connectivity index is 2.18. The number of anilines is 2. The molecule has 0 aliphatic carbocycles. The van der Waals surface area contributed by atoms with E-state index in [0.29, 0.717) is 5.56 Å². The van der Waals surface area contributed by atoms with Crippen molar-refractivity contribution in [3.8, 4) is 0 Å². The number of amides is 1. The van der Waals surface area contributed by atoms with Crippen molar-refractivity contribution < 1.29 is 22.0 Å². The van der Waals surface area contributed by atoms with Crippen LogP contribution < -0.4 is 10.0 Å². The Morgan fingerprint density at radius 2 is 1.74 bits per heavy atom. The Kier molecular flexibility index (Phi) is 4.95. The average molecular weight is 340 g/mol. The third-order valence-electron chi connectivity index (χ3n) is 2.80. The number of benzene rings is 2. The topological polar surface area (TPSA) is 75.3 Å². The number of rotatable bonds is 5. The molecule has 5 nitrogen and oxygen atoms in total. The average Bonchev–Trinajstić information content (AvgIpc) is 2.40. The number of carbonyl (C=O) groups excluding carboxylic acids is 1. The van der Waals surface area contributed by atoms with Gasteiger partial charge in [-0.15, -0.1) is 0 Å². The highest BCUT2D eigenvalue weighted by Crippen LogP contribution is 2.24. The largest absolute Gasteiger partial charge is 0.324 e. The lowest BCUT2D eigenvalue weighted by Crippen LogP contribution is -2.17. The van der Waals surface area contributed by atoms with Gasteiger partial charge in [-0.05, 0) is 35.9 Å². The highest BCUT2D eigenvalue weighted by Gasteiger charge is 2.12. The first-order chi connectivity index (χ1) is 10.7. The molecular formula is C15H14F2N2O3S. The highest BCUT2D eigenvalue weighted by molar-refractivity contribution is 7.92. The molecule has 2 rings (SSSR count). The number of hydrogen-bond donors (Lipinski definition) is 2. The fourth-order valence-corrected chi connectivity index (χ4v) is 2.51. The number of hydrogen-bond acceptors (Lipinski definition) is 3. The minimum Gasteiger partial charge on any atom is -0.324 e. The molecule has 0 fully saturated rings. The molecule has 0 aromatic heterocycles. The van der Waals surface area contributed by atoms with E-state index < -0.39 is 27.6 Å². The first kappa shape index (κ1) is 16.9. The standard InChI is InChI=1S/C15H14F2N2O3S/c1-23(21,22)19-13-6-5-12(17)9-14(13)18-15(20)8-10-3-2-4-11(16)7-10/h2-7,9,19H,8H2,1H3,(H,18,20). The van der Waals surface area contributed by atoms with Gasteiger partial charge in [0, 0.05) is 0 Å². The van der Waals surface area contributed by atoms with Crippen molar-refractivity contribution in [2.24, 2.45) is 0 Å². The monoisotopic (exact) mass is 340 g/mol. The lowest BCUT2D eigenvalue weighted by atomic mass is 10.1. The molecule has 0 aliphatic rings. The van der Waals surface area contributed by atoms with Crippen LogP contribution >= 0.6 is 0 Å². The van der Waals surface area contributed by atoms with Gasteiger partial charge in [0.1, 0.15) is 11.6 Å². The van der Waals surface area contributed by atoms with E-state index in [2.05, 4.69) is 10.0 Å². The SMILES string of the molecule is CS(=O)(=O)Nc1ccc(F)cc1NC(=O)Cc1cccc(F)c1. The van der Waals surface area contributed by atoms with Crippen molar-refractivity contribution in [3.05, 3.63) is 59.7 Å². The number of sulfonamides is 1. The molecule has 0 aliphatic heterocycles. The molecule has 2 N–H and O–H groups in total. The molecule has 1 amide bonds. The van der Waals surface area contributed by atoms with E-state index in [0.717, 1.165) is 18.4 Å². The molecule has 122 valence electrons. The first-order valence-electron chi connectivity index (χ1n) is 6.54. The summed E-state index contributed by atoms with van der Waals surface area (Å²) in [4.78, 5) is 12.0. The lowest BCUT2D eigenvalue weighted by Gasteiger charge is -2.12. The fourth-order valence-electron chi connectivity index (χ4n) is 1.94. The van der Waals surface area contributed by atoms with Crippen LogP contribution in [0.25, 0.3) is 0 Å². The van der Waals surface area contributed by atoms with Crippen molar-refractivity contribution in [2.45, 2.75) is 6.42 Å². The molecule has 0 saturated carbocycles. The Morgan fingerprint density at radius 3 is 2.39 bits per heavy atom. The van der Waals surface area contributed by atoms with Gasteiger partial charge in [0.05, 0.1) is 24.1 Å². The van der Waals surface area contributed by atoms with Crippen molar-refractivity contribution >= 4 is 27.3 Å². The summed E-state index contributed by atoms with van der Waals surface area (Å²) in [6.45, 7) is 0. The van der Waals surface area contributed by atoms with Crippen LogP contribution in [0.15, 0.2) is 42.5 Å². The molecule has 2 aromatic carbocycles. The van der Waals surface area contributed by atoms with Crippen molar-refractivity contribution in [2.75, 3.05) is 16.3 Å². The van der Waals surface area contributed by atoms with Gasteiger partial charge in [0.2, 0.25) is 15.9 Å². The fraction of sp³-hybridized carbons (Fsp3) is 0.133. The molecule has 0 radical (unpaired) electrons. The maximum absolute atomic E-state index is 13.3. The van der Waals surface area contributed by atoms with Crippen LogP contribution in [0.5, 0.6) is 0 Å². The van der Waals surface area contributed by atoms with Gasteiger partial charge in [-0.2, -0.15) is 0 Å². The summed E-state index contributed by atoms with van der Waals surface area (Å²) < 4.78 is 51.2. The van der Waals surface area contributed by atoms with Crippen LogP contribution in [0.1, 0.15) is 5.56 Å². The maximum atomic E-state index is 13.3.